The molecule has 0 fully saturated rings. The van der Waals surface area contributed by atoms with Crippen molar-refractivity contribution < 1.29 is 4.79 Å². The highest BCUT2D eigenvalue weighted by atomic mass is 16.2. The third-order valence-electron chi connectivity index (χ3n) is 6.07. The number of fused-ring (bicyclic) bond motifs is 4. The normalized spacial score (nSPS) is 11.6. The number of ketones is 1. The van der Waals surface area contributed by atoms with Crippen LogP contribution in [0.1, 0.15) is 16.2 Å². The summed E-state index contributed by atoms with van der Waals surface area (Å²) in [6, 6.07) is 22.3. The standard InChI is InChI=1S/C25H18N6O3/c1-28-21-19(23(33)29(2)25(28)34)30-22(27-31(24(30)26-21)16-11-4-3-5-12-16)20(32)18-14-8-10-15-9-6-7-13-17(15)18/h3-14H,1-2H3. The molecule has 0 bridgehead atoms. The van der Waals surface area contributed by atoms with Crippen molar-refractivity contribution in [1.29, 1.82) is 0 Å². The Morgan fingerprint density at radius 2 is 1.53 bits per heavy atom. The van der Waals surface area contributed by atoms with Gasteiger partial charge in [0, 0.05) is 19.7 Å². The number of carbonyl (C=O) groups is 1. The van der Waals surface area contributed by atoms with E-state index in [0.29, 0.717) is 11.3 Å². The molecule has 0 aliphatic heterocycles. The van der Waals surface area contributed by atoms with Gasteiger partial charge in [0.15, 0.2) is 11.2 Å². The largest absolute Gasteiger partial charge is 0.332 e. The quantitative estimate of drug-likeness (QED) is 0.386. The van der Waals surface area contributed by atoms with E-state index in [0.717, 1.165) is 15.3 Å². The molecule has 3 heterocycles. The molecule has 0 saturated carbocycles. The van der Waals surface area contributed by atoms with E-state index in [4.69, 9.17) is 0 Å². The third-order valence-corrected chi connectivity index (χ3v) is 6.07. The van der Waals surface area contributed by atoms with Crippen LogP contribution in [0.15, 0.2) is 82.4 Å². The maximum Gasteiger partial charge on any atom is 0.332 e. The van der Waals surface area contributed by atoms with Gasteiger partial charge in [-0.15, -0.1) is 5.10 Å². The zero-order chi connectivity index (χ0) is 23.6. The monoisotopic (exact) mass is 450 g/mol. The maximum atomic E-state index is 13.9. The molecule has 3 aromatic carbocycles. The van der Waals surface area contributed by atoms with Gasteiger partial charge in [0.25, 0.3) is 5.56 Å². The SMILES string of the molecule is Cn1c(=O)c2c(nc3n(-c4ccccc4)nc(C(=O)c4cccc5ccccc45)n23)n(C)c1=O. The minimum absolute atomic E-state index is 0.0356. The van der Waals surface area contributed by atoms with Gasteiger partial charge >= 0.3 is 5.69 Å². The Morgan fingerprint density at radius 3 is 2.32 bits per heavy atom. The fraction of sp³-hybridized carbons (Fsp3) is 0.0800. The van der Waals surface area contributed by atoms with Crippen LogP contribution in [0.25, 0.3) is 33.4 Å². The zero-order valence-electron chi connectivity index (χ0n) is 18.3. The molecule has 0 atom stereocenters. The second kappa shape index (κ2) is 7.11. The molecule has 6 aromatic rings. The van der Waals surface area contributed by atoms with E-state index < -0.39 is 11.2 Å². The molecule has 0 radical (unpaired) electrons. The number of hydrogen-bond acceptors (Lipinski definition) is 5. The number of aryl methyl sites for hydroxylation is 1. The molecular weight excluding hydrogens is 432 g/mol. The van der Waals surface area contributed by atoms with Crippen molar-refractivity contribution in [2.75, 3.05) is 0 Å². The van der Waals surface area contributed by atoms with Crippen LogP contribution in [0.5, 0.6) is 0 Å². The minimum atomic E-state index is -0.551. The first kappa shape index (κ1) is 19.9. The molecule has 0 aliphatic carbocycles. The highest BCUT2D eigenvalue weighted by molar-refractivity contribution is 6.15. The van der Waals surface area contributed by atoms with Crippen LogP contribution in [-0.4, -0.2) is 34.1 Å². The number of rotatable bonds is 3. The lowest BCUT2D eigenvalue weighted by atomic mass is 10.0. The van der Waals surface area contributed by atoms with Gasteiger partial charge in [0.1, 0.15) is 0 Å². The number of nitrogens with zero attached hydrogens (tertiary/aromatic N) is 6. The van der Waals surface area contributed by atoms with Crippen LogP contribution in [0, 0.1) is 0 Å². The Bertz CT molecular complexity index is 1880. The summed E-state index contributed by atoms with van der Waals surface area (Å²) in [6.45, 7) is 0. The number of benzene rings is 3. The molecule has 3 aromatic heterocycles. The molecule has 0 aliphatic rings. The molecule has 34 heavy (non-hydrogen) atoms. The average molecular weight is 450 g/mol. The highest BCUT2D eigenvalue weighted by Crippen LogP contribution is 2.24. The van der Waals surface area contributed by atoms with Crippen LogP contribution >= 0.6 is 0 Å². The maximum absolute atomic E-state index is 13.9. The number of hydrogen-bond donors (Lipinski definition) is 0. The van der Waals surface area contributed by atoms with Crippen molar-refractivity contribution >= 4 is 33.5 Å². The van der Waals surface area contributed by atoms with Crippen molar-refractivity contribution in [1.82, 2.24) is 28.3 Å². The summed E-state index contributed by atoms with van der Waals surface area (Å²) in [4.78, 5) is 44.2. The number of aromatic nitrogens is 6. The fourth-order valence-electron chi connectivity index (χ4n) is 4.34. The third kappa shape index (κ3) is 2.64. The number of imidazole rings is 1. The van der Waals surface area contributed by atoms with Gasteiger partial charge in [-0.1, -0.05) is 60.7 Å². The van der Waals surface area contributed by atoms with E-state index in [-0.39, 0.29) is 28.5 Å². The van der Waals surface area contributed by atoms with Crippen molar-refractivity contribution in [3.8, 4) is 5.69 Å². The van der Waals surface area contributed by atoms with Crippen LogP contribution in [0.2, 0.25) is 0 Å². The van der Waals surface area contributed by atoms with E-state index in [1.54, 1.807) is 13.1 Å². The molecule has 0 amide bonds. The van der Waals surface area contributed by atoms with E-state index in [1.807, 2.05) is 66.7 Å². The summed E-state index contributed by atoms with van der Waals surface area (Å²) in [6.07, 6.45) is 0. The van der Waals surface area contributed by atoms with Crippen LogP contribution < -0.4 is 11.2 Å². The second-order valence-electron chi connectivity index (χ2n) is 8.05. The Morgan fingerprint density at radius 1 is 0.824 bits per heavy atom. The van der Waals surface area contributed by atoms with E-state index in [9.17, 15) is 14.4 Å². The molecule has 9 nitrogen and oxygen atoms in total. The van der Waals surface area contributed by atoms with Crippen LogP contribution in [0.3, 0.4) is 0 Å². The highest BCUT2D eigenvalue weighted by Gasteiger charge is 2.27. The molecule has 0 N–H and O–H groups in total. The Hall–Kier alpha value is -4.79. The summed E-state index contributed by atoms with van der Waals surface area (Å²) in [5, 5.41) is 6.30. The summed E-state index contributed by atoms with van der Waals surface area (Å²) in [7, 11) is 2.94. The van der Waals surface area contributed by atoms with E-state index in [2.05, 4.69) is 10.1 Å². The smallest absolute Gasteiger partial charge is 0.285 e. The molecule has 0 unspecified atom stereocenters. The van der Waals surface area contributed by atoms with Crippen molar-refractivity contribution in [3.63, 3.8) is 0 Å². The van der Waals surface area contributed by atoms with Crippen LogP contribution in [-0.2, 0) is 14.1 Å². The number of para-hydroxylation sites is 1. The Kier molecular flexibility index (Phi) is 4.15. The Labute approximate surface area is 191 Å². The van der Waals surface area contributed by atoms with Gasteiger partial charge in [0.2, 0.25) is 17.4 Å². The molecule has 166 valence electrons. The lowest BCUT2D eigenvalue weighted by molar-refractivity contribution is 0.103. The second-order valence-corrected chi connectivity index (χ2v) is 8.05. The van der Waals surface area contributed by atoms with Gasteiger partial charge in [-0.05, 0) is 22.9 Å². The summed E-state index contributed by atoms with van der Waals surface area (Å²) in [5.41, 5.74) is 0.375. The van der Waals surface area contributed by atoms with Gasteiger partial charge in [0.05, 0.1) is 5.69 Å². The molecule has 6 rings (SSSR count). The fourth-order valence-corrected chi connectivity index (χ4v) is 4.34. The Balaban J connectivity index is 1.76. The topological polar surface area (TPSA) is 96.2 Å². The average Bonchev–Trinajstić information content (AvgIpc) is 3.44. The van der Waals surface area contributed by atoms with E-state index >= 15 is 0 Å². The predicted octanol–water partition coefficient (Wildman–Crippen LogP) is 2.45. The number of carbonyl (C=O) groups excluding carboxylic acids is 1. The van der Waals surface area contributed by atoms with Crippen LogP contribution in [0.4, 0.5) is 0 Å². The minimum Gasteiger partial charge on any atom is -0.285 e. The van der Waals surface area contributed by atoms with Gasteiger partial charge < -0.3 is 0 Å². The lowest BCUT2D eigenvalue weighted by Crippen LogP contribution is -2.37. The molecular formula is C25H18N6O3. The van der Waals surface area contributed by atoms with Gasteiger partial charge in [-0.3, -0.25) is 18.7 Å². The summed E-state index contributed by atoms with van der Waals surface area (Å²) in [5.74, 6) is -0.0526. The van der Waals surface area contributed by atoms with Crippen molar-refractivity contribution in [2.45, 2.75) is 0 Å². The van der Waals surface area contributed by atoms with Crippen molar-refractivity contribution in [2.24, 2.45) is 14.1 Å². The summed E-state index contributed by atoms with van der Waals surface area (Å²) < 4.78 is 5.27. The first-order valence-corrected chi connectivity index (χ1v) is 10.6. The molecule has 0 saturated heterocycles. The lowest BCUT2D eigenvalue weighted by Gasteiger charge is -2.06. The summed E-state index contributed by atoms with van der Waals surface area (Å²) >= 11 is 0. The molecule has 9 heteroatoms. The first-order valence-electron chi connectivity index (χ1n) is 10.6. The predicted molar refractivity (Wildman–Crippen MR) is 128 cm³/mol. The van der Waals surface area contributed by atoms with Crippen molar-refractivity contribution in [3.05, 3.63) is 105 Å². The molecule has 0 spiro atoms. The zero-order valence-corrected chi connectivity index (χ0v) is 18.3. The van der Waals surface area contributed by atoms with Gasteiger partial charge in [-0.25, -0.2) is 9.20 Å². The van der Waals surface area contributed by atoms with Gasteiger partial charge in [-0.2, -0.15) is 9.67 Å². The van der Waals surface area contributed by atoms with E-state index in [1.165, 1.54) is 20.7 Å². The first-order chi connectivity index (χ1) is 16.5.